The molecule has 1 amide bonds. The van der Waals surface area contributed by atoms with E-state index in [2.05, 4.69) is 6.07 Å². The van der Waals surface area contributed by atoms with Crippen molar-refractivity contribution < 1.29 is 19.0 Å². The zero-order valence-electron chi connectivity index (χ0n) is 15.7. The molecule has 26 heavy (non-hydrogen) atoms. The number of hydrogen-bond donors (Lipinski definition) is 0. The highest BCUT2D eigenvalue weighted by atomic mass is 16.6. The molecule has 5 nitrogen and oxygen atoms in total. The summed E-state index contributed by atoms with van der Waals surface area (Å²) in [6, 6.07) is 6.49. The molecule has 0 aliphatic carbocycles. The molecule has 2 fully saturated rings. The number of benzene rings is 1. The number of piperidine rings is 1. The van der Waals surface area contributed by atoms with E-state index in [4.69, 9.17) is 14.2 Å². The lowest BCUT2D eigenvalue weighted by Gasteiger charge is -2.39. The molecule has 0 radical (unpaired) electrons. The van der Waals surface area contributed by atoms with Gasteiger partial charge in [0.15, 0.2) is 0 Å². The molecular formula is C21H27NO4. The number of allylic oxidation sites excluding steroid dienone is 1. The standard InChI is InChI=1S/C21H27NO4/c1-21(2,3)26-20(23)22-15-7-8-16(22)12-18(11-15)25-17-9-6-14-5-4-10-24-19(14)13-17/h4,6,9-10,13,15-16,18H,5,7-8,11-12H2,1-3H3. The van der Waals surface area contributed by atoms with Crippen LogP contribution in [0.3, 0.4) is 0 Å². The summed E-state index contributed by atoms with van der Waals surface area (Å²) in [5.74, 6) is 1.72. The molecule has 2 unspecified atom stereocenters. The van der Waals surface area contributed by atoms with Crippen LogP contribution in [0.15, 0.2) is 30.5 Å². The first kappa shape index (κ1) is 17.3. The number of amides is 1. The molecule has 140 valence electrons. The third-order valence-corrected chi connectivity index (χ3v) is 5.26. The maximum absolute atomic E-state index is 12.5. The van der Waals surface area contributed by atoms with Crippen molar-refractivity contribution in [1.82, 2.24) is 4.90 Å². The fourth-order valence-electron chi connectivity index (χ4n) is 4.21. The first-order chi connectivity index (χ1) is 12.4. The molecule has 1 aromatic rings. The van der Waals surface area contributed by atoms with E-state index in [1.165, 1.54) is 5.56 Å². The highest BCUT2D eigenvalue weighted by Gasteiger charge is 2.45. The van der Waals surface area contributed by atoms with Gasteiger partial charge in [0.05, 0.1) is 6.26 Å². The highest BCUT2D eigenvalue weighted by molar-refractivity contribution is 5.69. The molecule has 0 N–H and O–H groups in total. The Morgan fingerprint density at radius 2 is 1.92 bits per heavy atom. The molecule has 3 aliphatic rings. The molecule has 0 saturated carbocycles. The van der Waals surface area contributed by atoms with Gasteiger partial charge in [0.2, 0.25) is 0 Å². The van der Waals surface area contributed by atoms with Crippen LogP contribution in [0.5, 0.6) is 11.5 Å². The molecular weight excluding hydrogens is 330 g/mol. The zero-order chi connectivity index (χ0) is 18.3. The molecule has 2 atom stereocenters. The maximum atomic E-state index is 12.5. The Hall–Kier alpha value is -2.17. The lowest BCUT2D eigenvalue weighted by Crippen LogP contribution is -2.50. The van der Waals surface area contributed by atoms with Crippen LogP contribution in [0.1, 0.15) is 52.0 Å². The van der Waals surface area contributed by atoms with Gasteiger partial charge in [-0.05, 0) is 57.7 Å². The first-order valence-electron chi connectivity index (χ1n) is 9.51. The normalized spacial score (nSPS) is 26.9. The van der Waals surface area contributed by atoms with Gasteiger partial charge in [-0.3, -0.25) is 0 Å². The van der Waals surface area contributed by atoms with Crippen molar-refractivity contribution >= 4 is 6.09 Å². The SMILES string of the molecule is CC(C)(C)OC(=O)N1C2CCC1CC(Oc1ccc3c(c1)OC=CC3)C2. The average Bonchev–Trinajstić information content (AvgIpc) is 2.85. The van der Waals surface area contributed by atoms with Gasteiger partial charge < -0.3 is 19.1 Å². The van der Waals surface area contributed by atoms with E-state index in [-0.39, 0.29) is 24.3 Å². The number of nitrogens with zero attached hydrogens (tertiary/aromatic N) is 1. The number of ether oxygens (including phenoxy) is 3. The van der Waals surface area contributed by atoms with Crippen molar-refractivity contribution in [3.63, 3.8) is 0 Å². The van der Waals surface area contributed by atoms with Gasteiger partial charge in [-0.25, -0.2) is 4.79 Å². The van der Waals surface area contributed by atoms with E-state index >= 15 is 0 Å². The van der Waals surface area contributed by atoms with Gasteiger partial charge >= 0.3 is 6.09 Å². The highest BCUT2D eigenvalue weighted by Crippen LogP contribution is 2.39. The Kier molecular flexibility index (Phi) is 4.33. The summed E-state index contributed by atoms with van der Waals surface area (Å²) in [5.41, 5.74) is 0.723. The summed E-state index contributed by atoms with van der Waals surface area (Å²) in [6.45, 7) is 5.74. The second kappa shape index (κ2) is 6.53. The second-order valence-electron chi connectivity index (χ2n) is 8.45. The first-order valence-corrected chi connectivity index (χ1v) is 9.51. The molecule has 2 bridgehead atoms. The lowest BCUT2D eigenvalue weighted by atomic mass is 10.00. The Labute approximate surface area is 154 Å². The van der Waals surface area contributed by atoms with Crippen LogP contribution in [0.4, 0.5) is 4.79 Å². The molecule has 4 rings (SSSR count). The van der Waals surface area contributed by atoms with Crippen LogP contribution in [-0.4, -0.2) is 34.8 Å². The van der Waals surface area contributed by atoms with E-state index in [1.807, 2.05) is 43.9 Å². The van der Waals surface area contributed by atoms with Gasteiger partial charge in [-0.2, -0.15) is 0 Å². The quantitative estimate of drug-likeness (QED) is 0.785. The summed E-state index contributed by atoms with van der Waals surface area (Å²) in [5, 5.41) is 0. The fourth-order valence-corrected chi connectivity index (χ4v) is 4.21. The molecule has 0 spiro atoms. The molecule has 5 heteroatoms. The van der Waals surface area contributed by atoms with Crippen LogP contribution in [0.2, 0.25) is 0 Å². The number of carbonyl (C=O) groups excluding carboxylic acids is 1. The topological polar surface area (TPSA) is 48.0 Å². The van der Waals surface area contributed by atoms with E-state index in [0.29, 0.717) is 0 Å². The van der Waals surface area contributed by atoms with Gasteiger partial charge in [0, 0.05) is 31.0 Å². The Morgan fingerprint density at radius 3 is 2.62 bits per heavy atom. The molecule has 2 saturated heterocycles. The maximum Gasteiger partial charge on any atom is 0.410 e. The van der Waals surface area contributed by atoms with Crippen molar-refractivity contribution in [2.45, 2.75) is 76.7 Å². The Bertz CT molecular complexity index is 707. The molecule has 0 aromatic heterocycles. The van der Waals surface area contributed by atoms with Gasteiger partial charge in [-0.15, -0.1) is 0 Å². The third-order valence-electron chi connectivity index (χ3n) is 5.26. The van der Waals surface area contributed by atoms with Crippen LogP contribution in [0, 0.1) is 0 Å². The monoisotopic (exact) mass is 357 g/mol. The zero-order valence-corrected chi connectivity index (χ0v) is 15.7. The van der Waals surface area contributed by atoms with E-state index in [0.717, 1.165) is 43.6 Å². The van der Waals surface area contributed by atoms with E-state index in [1.54, 1.807) is 6.26 Å². The van der Waals surface area contributed by atoms with Crippen molar-refractivity contribution in [3.8, 4) is 11.5 Å². The van der Waals surface area contributed by atoms with E-state index < -0.39 is 5.60 Å². The predicted molar refractivity (Wildman–Crippen MR) is 98.4 cm³/mol. The summed E-state index contributed by atoms with van der Waals surface area (Å²) in [4.78, 5) is 14.5. The average molecular weight is 357 g/mol. The van der Waals surface area contributed by atoms with Crippen LogP contribution >= 0.6 is 0 Å². The van der Waals surface area contributed by atoms with Crippen molar-refractivity contribution in [2.24, 2.45) is 0 Å². The predicted octanol–water partition coefficient (Wildman–Crippen LogP) is 4.44. The van der Waals surface area contributed by atoms with Crippen molar-refractivity contribution in [1.29, 1.82) is 0 Å². The minimum atomic E-state index is -0.457. The van der Waals surface area contributed by atoms with Crippen LogP contribution in [0.25, 0.3) is 0 Å². The Morgan fingerprint density at radius 1 is 1.19 bits per heavy atom. The van der Waals surface area contributed by atoms with Gasteiger partial charge in [-0.1, -0.05) is 6.07 Å². The summed E-state index contributed by atoms with van der Waals surface area (Å²) < 4.78 is 17.4. The van der Waals surface area contributed by atoms with Crippen LogP contribution in [-0.2, 0) is 11.2 Å². The van der Waals surface area contributed by atoms with Crippen molar-refractivity contribution in [3.05, 3.63) is 36.1 Å². The lowest BCUT2D eigenvalue weighted by molar-refractivity contribution is -0.00708. The third kappa shape index (κ3) is 3.53. The smallest absolute Gasteiger partial charge is 0.410 e. The van der Waals surface area contributed by atoms with Crippen molar-refractivity contribution in [2.75, 3.05) is 0 Å². The number of rotatable bonds is 2. The van der Waals surface area contributed by atoms with Gasteiger partial charge in [0.1, 0.15) is 23.2 Å². The fraction of sp³-hybridized carbons (Fsp3) is 0.571. The van der Waals surface area contributed by atoms with E-state index in [9.17, 15) is 4.79 Å². The summed E-state index contributed by atoms with van der Waals surface area (Å²) >= 11 is 0. The largest absolute Gasteiger partial charge is 0.490 e. The molecule has 1 aromatic carbocycles. The minimum Gasteiger partial charge on any atom is -0.490 e. The van der Waals surface area contributed by atoms with Gasteiger partial charge in [0.25, 0.3) is 0 Å². The number of carbonyl (C=O) groups is 1. The summed E-state index contributed by atoms with van der Waals surface area (Å²) in [6.07, 6.45) is 8.35. The number of hydrogen-bond acceptors (Lipinski definition) is 4. The minimum absolute atomic E-state index is 0.128. The molecule has 3 aliphatic heterocycles. The van der Waals surface area contributed by atoms with Crippen LogP contribution < -0.4 is 9.47 Å². The number of fused-ring (bicyclic) bond motifs is 3. The molecule has 3 heterocycles. The Balaban J connectivity index is 1.41. The second-order valence-corrected chi connectivity index (χ2v) is 8.45. The summed E-state index contributed by atoms with van der Waals surface area (Å²) in [7, 11) is 0.